The number of Topliss-reactive ketones (excluding diaryl/α,β-unsaturated/α-hetero) is 1. The second-order valence-electron chi connectivity index (χ2n) is 15.0. The van der Waals surface area contributed by atoms with Crippen LogP contribution in [0.4, 0.5) is 4.79 Å². The van der Waals surface area contributed by atoms with Crippen molar-refractivity contribution < 1.29 is 33.5 Å². The smallest absolute Gasteiger partial charge is 0.332 e. The van der Waals surface area contributed by atoms with Gasteiger partial charge in [0.2, 0.25) is 17.6 Å². The van der Waals surface area contributed by atoms with Crippen LogP contribution in [0.25, 0.3) is 0 Å². The Labute approximate surface area is 278 Å². The monoisotopic (exact) mass is 655 g/mol. The maximum atomic E-state index is 14.3. The first-order valence-electron chi connectivity index (χ1n) is 16.6. The summed E-state index contributed by atoms with van der Waals surface area (Å²) in [6.45, 7) is 14.8. The lowest BCUT2D eigenvalue weighted by Gasteiger charge is -2.38. The summed E-state index contributed by atoms with van der Waals surface area (Å²) in [5.41, 5.74) is 3.90. The van der Waals surface area contributed by atoms with Crippen molar-refractivity contribution in [3.63, 3.8) is 0 Å². The van der Waals surface area contributed by atoms with E-state index in [1.807, 2.05) is 44.2 Å². The number of benzene rings is 1. The predicted molar refractivity (Wildman–Crippen MR) is 176 cm³/mol. The van der Waals surface area contributed by atoms with Crippen LogP contribution in [0.3, 0.4) is 0 Å². The van der Waals surface area contributed by atoms with E-state index in [4.69, 9.17) is 10.5 Å². The Morgan fingerprint density at radius 2 is 1.55 bits per heavy atom. The summed E-state index contributed by atoms with van der Waals surface area (Å²) in [5, 5.41) is 8.29. The third-order valence-electron chi connectivity index (χ3n) is 9.55. The third-order valence-corrected chi connectivity index (χ3v) is 9.55. The first-order valence-corrected chi connectivity index (χ1v) is 16.6. The van der Waals surface area contributed by atoms with Gasteiger partial charge in [-0.3, -0.25) is 19.2 Å². The van der Waals surface area contributed by atoms with Crippen LogP contribution in [0.1, 0.15) is 86.6 Å². The number of carbonyl (C=O) groups excluding carboxylic acids is 6. The number of carbonyl (C=O) groups is 6. The van der Waals surface area contributed by atoms with Crippen molar-refractivity contribution >= 4 is 35.5 Å². The van der Waals surface area contributed by atoms with E-state index in [2.05, 4.69) is 16.0 Å². The molecule has 12 nitrogen and oxygen atoms in total. The molecular weight excluding hydrogens is 602 g/mol. The molecule has 2 aliphatic rings. The molecule has 5 amide bonds. The largest absolute Gasteiger partial charge is 0.459 e. The zero-order valence-electron chi connectivity index (χ0n) is 29.1. The number of nitrogens with two attached hydrogens (primary N) is 1. The maximum Gasteiger partial charge on any atom is 0.332 e. The Morgan fingerprint density at radius 3 is 2.06 bits per heavy atom. The van der Waals surface area contributed by atoms with Crippen LogP contribution in [0.15, 0.2) is 30.3 Å². The van der Waals surface area contributed by atoms with E-state index in [-0.39, 0.29) is 36.8 Å². The average molecular weight is 656 g/mol. The quantitative estimate of drug-likeness (QED) is 0.176. The molecule has 12 heteroatoms. The van der Waals surface area contributed by atoms with E-state index in [9.17, 15) is 28.8 Å². The van der Waals surface area contributed by atoms with Gasteiger partial charge in [0.05, 0.1) is 6.04 Å². The molecule has 0 bridgehead atoms. The fourth-order valence-corrected chi connectivity index (χ4v) is 5.97. The van der Waals surface area contributed by atoms with Gasteiger partial charge in [-0.25, -0.2) is 9.59 Å². The van der Waals surface area contributed by atoms with E-state index in [0.717, 1.165) is 18.4 Å². The number of ketones is 1. The first-order chi connectivity index (χ1) is 21.9. The van der Waals surface area contributed by atoms with Gasteiger partial charge in [-0.1, -0.05) is 91.6 Å². The zero-order valence-corrected chi connectivity index (χ0v) is 29.1. The molecule has 1 heterocycles. The van der Waals surface area contributed by atoms with Gasteiger partial charge in [0.1, 0.15) is 24.2 Å². The van der Waals surface area contributed by atoms with Gasteiger partial charge in [-0.05, 0) is 54.4 Å². The zero-order chi connectivity index (χ0) is 35.3. The number of primary amides is 1. The highest BCUT2D eigenvalue weighted by molar-refractivity contribution is 6.37. The molecule has 1 unspecified atom stereocenters. The Hall–Kier alpha value is -3.96. The molecule has 1 aromatic rings. The van der Waals surface area contributed by atoms with Gasteiger partial charge >= 0.3 is 12.0 Å². The number of hydrogen-bond donors (Lipinski definition) is 4. The lowest BCUT2D eigenvalue weighted by molar-refractivity contribution is -0.153. The molecule has 1 aliphatic heterocycles. The Balaban J connectivity index is 1.81. The van der Waals surface area contributed by atoms with Crippen LogP contribution in [0.2, 0.25) is 0 Å². The van der Waals surface area contributed by atoms with Crippen LogP contribution < -0.4 is 21.7 Å². The van der Waals surface area contributed by atoms with Gasteiger partial charge in [-0.15, -0.1) is 0 Å². The number of hydrogen-bond acceptors (Lipinski definition) is 7. The normalized spacial score (nSPS) is 20.6. The fraction of sp³-hybridized carbons (Fsp3) is 0.657. The highest BCUT2D eigenvalue weighted by Gasteiger charge is 2.48. The maximum absolute atomic E-state index is 14.3. The molecule has 3 rings (SSSR count). The standard InChI is InChI=1S/C35H53N5O7/c1-20(2)24-16-17-40(26(24)30(43)37-25(18-22-14-15-22)27(41)29(36)42)31(44)28(34(5,6)7)38-33(46)39-35(8,21(3)4)32(45)47-19-23-12-10-9-11-13-23/h9-13,20-22,24-26,28H,14-19H2,1-8H3,(H2,36,42)(H,37,43)(H2,38,39,46)/t24-,25?,26+,28-,35+/m1/s1. The highest BCUT2D eigenvalue weighted by atomic mass is 16.5. The molecule has 47 heavy (non-hydrogen) atoms. The molecule has 2 fully saturated rings. The van der Waals surface area contributed by atoms with Crippen molar-refractivity contribution in [2.45, 2.75) is 111 Å². The van der Waals surface area contributed by atoms with Crippen LogP contribution in [-0.2, 0) is 35.3 Å². The fourth-order valence-electron chi connectivity index (χ4n) is 5.97. The Bertz CT molecular complexity index is 1320. The number of amides is 5. The van der Waals surface area contributed by atoms with Crippen molar-refractivity contribution in [3.05, 3.63) is 35.9 Å². The molecule has 5 N–H and O–H groups in total. The molecule has 260 valence electrons. The number of nitrogens with zero attached hydrogens (tertiary/aromatic N) is 1. The van der Waals surface area contributed by atoms with Gasteiger partial charge in [0, 0.05) is 6.54 Å². The van der Waals surface area contributed by atoms with Crippen molar-refractivity contribution in [2.75, 3.05) is 6.54 Å². The number of urea groups is 1. The minimum absolute atomic E-state index is 0.0234. The van der Waals surface area contributed by atoms with Gasteiger partial charge in [0.15, 0.2) is 0 Å². The van der Waals surface area contributed by atoms with E-state index >= 15 is 0 Å². The lowest BCUT2D eigenvalue weighted by Crippen LogP contribution is -2.64. The molecule has 1 aromatic carbocycles. The van der Waals surface area contributed by atoms with Gasteiger partial charge < -0.3 is 31.3 Å². The van der Waals surface area contributed by atoms with E-state index < -0.39 is 64.6 Å². The lowest BCUT2D eigenvalue weighted by atomic mass is 9.84. The summed E-state index contributed by atoms with van der Waals surface area (Å²) < 4.78 is 5.57. The van der Waals surface area contributed by atoms with E-state index in [1.54, 1.807) is 41.5 Å². The second kappa shape index (κ2) is 15.3. The topological polar surface area (TPSA) is 177 Å². The summed E-state index contributed by atoms with van der Waals surface area (Å²) in [6, 6.07) is 5.41. The summed E-state index contributed by atoms with van der Waals surface area (Å²) in [7, 11) is 0. The number of ether oxygens (including phenoxy) is 1. The molecule has 0 radical (unpaired) electrons. The molecular formula is C35H53N5O7. The second-order valence-corrected chi connectivity index (χ2v) is 15.0. The van der Waals surface area contributed by atoms with E-state index in [0.29, 0.717) is 12.8 Å². The Kier molecular flexibility index (Phi) is 12.2. The number of likely N-dealkylation sites (tertiary alicyclic amines) is 1. The van der Waals surface area contributed by atoms with Crippen LogP contribution in [0, 0.1) is 29.1 Å². The van der Waals surface area contributed by atoms with E-state index in [1.165, 1.54) is 4.90 Å². The highest BCUT2D eigenvalue weighted by Crippen LogP contribution is 2.35. The van der Waals surface area contributed by atoms with Crippen molar-refractivity contribution in [2.24, 2.45) is 34.8 Å². The molecule has 0 spiro atoms. The third kappa shape index (κ3) is 9.54. The summed E-state index contributed by atoms with van der Waals surface area (Å²) in [6.07, 6.45) is 2.67. The predicted octanol–water partition coefficient (Wildman–Crippen LogP) is 3.07. The number of esters is 1. The summed E-state index contributed by atoms with van der Waals surface area (Å²) in [4.78, 5) is 80.8. The van der Waals surface area contributed by atoms with Gasteiger partial charge in [0.25, 0.3) is 5.91 Å². The molecule has 1 aliphatic carbocycles. The minimum Gasteiger partial charge on any atom is -0.459 e. The first kappa shape index (κ1) is 37.5. The summed E-state index contributed by atoms with van der Waals surface area (Å²) >= 11 is 0. The molecule has 1 saturated carbocycles. The SMILES string of the molecule is CC(C)[C@H]1CCN(C(=O)[C@@H](NC(=O)N[C@](C)(C(=O)OCc2ccccc2)C(C)C)C(C)(C)C)[C@@H]1C(=O)NC(CC1CC1)C(=O)C(N)=O. The van der Waals surface area contributed by atoms with Crippen LogP contribution in [-0.4, -0.2) is 70.6 Å². The molecule has 5 atom stereocenters. The van der Waals surface area contributed by atoms with Crippen LogP contribution >= 0.6 is 0 Å². The molecule has 0 aromatic heterocycles. The number of nitrogens with one attached hydrogen (secondary N) is 3. The van der Waals surface area contributed by atoms with Crippen LogP contribution in [0.5, 0.6) is 0 Å². The number of rotatable bonds is 14. The van der Waals surface area contributed by atoms with Crippen molar-refractivity contribution in [1.82, 2.24) is 20.9 Å². The van der Waals surface area contributed by atoms with Gasteiger partial charge in [-0.2, -0.15) is 0 Å². The minimum atomic E-state index is -1.41. The summed E-state index contributed by atoms with van der Waals surface area (Å²) in [5.74, 6) is -3.91. The van der Waals surface area contributed by atoms with Crippen molar-refractivity contribution in [3.8, 4) is 0 Å². The van der Waals surface area contributed by atoms with Crippen molar-refractivity contribution in [1.29, 1.82) is 0 Å². The molecule has 1 saturated heterocycles. The average Bonchev–Trinajstić information content (AvgIpc) is 3.70. The Morgan fingerprint density at radius 1 is 0.936 bits per heavy atom.